The number of unbranched alkanes of at least 4 members (excludes halogenated alkanes) is 2. The Hall–Kier alpha value is -7.42. The number of aliphatic hydroxyl groups is 1. The van der Waals surface area contributed by atoms with E-state index in [-0.39, 0.29) is 73.3 Å². The van der Waals surface area contributed by atoms with E-state index in [9.17, 15) is 72.5 Å². The van der Waals surface area contributed by atoms with Crippen molar-refractivity contribution in [1.82, 2.24) is 73.4 Å². The van der Waals surface area contributed by atoms with Gasteiger partial charge < -0.3 is 102 Å². The molecular formula is C59H92N18O15S4. The number of rotatable bonds is 22. The number of benzene rings is 1. The van der Waals surface area contributed by atoms with E-state index < -0.39 is 175 Å². The molecule has 0 unspecified atom stereocenters. The first-order chi connectivity index (χ1) is 45.7. The summed E-state index contributed by atoms with van der Waals surface area (Å²) in [6.45, 7) is 5.60. The fourth-order valence-corrected chi connectivity index (χ4v) is 14.9. The number of aromatic nitrogens is 2. The molecule has 3 aliphatic heterocycles. The highest BCUT2D eigenvalue weighted by Crippen LogP contribution is 2.27. The molecule has 0 radical (unpaired) electrons. The molecule has 1 aromatic heterocycles. The predicted molar refractivity (Wildman–Crippen MR) is 361 cm³/mol. The Morgan fingerprint density at radius 1 is 0.688 bits per heavy atom. The Morgan fingerprint density at radius 3 is 1.95 bits per heavy atom. The van der Waals surface area contributed by atoms with Crippen LogP contribution in [0.4, 0.5) is 0 Å². The first kappa shape index (κ1) is 79.3. The van der Waals surface area contributed by atoms with Crippen molar-refractivity contribution < 1.29 is 72.5 Å². The van der Waals surface area contributed by atoms with Crippen molar-refractivity contribution >= 4 is 120 Å². The number of aromatic amines is 1. The van der Waals surface area contributed by atoms with Crippen LogP contribution in [-0.2, 0) is 75.2 Å². The number of primary amides is 1. The summed E-state index contributed by atoms with van der Waals surface area (Å²) in [5.74, 6) is -13.8. The molecule has 0 spiro atoms. The third-order valence-corrected chi connectivity index (χ3v) is 20.3. The average molecular weight is 1420 g/mol. The molecule has 13 amide bonds. The molecule has 33 nitrogen and oxygen atoms in total. The quantitative estimate of drug-likeness (QED) is 0.0388. The Labute approximate surface area is 571 Å². The van der Waals surface area contributed by atoms with Gasteiger partial charge in [-0.1, -0.05) is 89.4 Å². The number of phenols is 1. The first-order valence-corrected chi connectivity index (χ1v) is 36.6. The number of H-pyrrole nitrogens is 1. The topological polar surface area (TPSA) is 531 Å². The largest absolute Gasteiger partial charge is 0.508 e. The van der Waals surface area contributed by atoms with Gasteiger partial charge in [0.2, 0.25) is 76.8 Å². The number of hydrogen-bond donors (Lipinski definition) is 18. The maximum Gasteiger partial charge on any atom is 0.246 e. The second-order valence-corrected chi connectivity index (χ2v) is 29.3. The number of phenolic OH excluding ortho intramolecular Hbond substituents is 1. The van der Waals surface area contributed by atoms with Crippen molar-refractivity contribution in [1.29, 1.82) is 0 Å². The zero-order valence-corrected chi connectivity index (χ0v) is 57.3. The number of nitrogens with zero attached hydrogens (tertiary/aromatic N) is 2. The van der Waals surface area contributed by atoms with Crippen LogP contribution in [-0.4, -0.2) is 230 Å². The summed E-state index contributed by atoms with van der Waals surface area (Å²) in [5, 5.41) is 49.9. The van der Waals surface area contributed by atoms with E-state index in [1.807, 2.05) is 0 Å². The molecule has 0 aliphatic carbocycles. The van der Waals surface area contributed by atoms with E-state index in [1.54, 1.807) is 27.7 Å². The van der Waals surface area contributed by atoms with Crippen LogP contribution >= 0.6 is 43.2 Å². The maximum atomic E-state index is 15.0. The molecule has 4 heterocycles. The number of imidazole rings is 1. The van der Waals surface area contributed by atoms with Gasteiger partial charge in [-0.3, -0.25) is 62.3 Å². The summed E-state index contributed by atoms with van der Waals surface area (Å²) in [6, 6.07) is -9.87. The molecule has 2 bridgehead atoms. The van der Waals surface area contributed by atoms with Gasteiger partial charge in [0.1, 0.15) is 66.2 Å². The molecule has 96 heavy (non-hydrogen) atoms. The van der Waals surface area contributed by atoms with E-state index >= 15 is 0 Å². The fourth-order valence-electron chi connectivity index (χ4n) is 10.2. The third kappa shape index (κ3) is 26.2. The second kappa shape index (κ2) is 40.3. The van der Waals surface area contributed by atoms with Crippen molar-refractivity contribution in [3.63, 3.8) is 0 Å². The third-order valence-electron chi connectivity index (χ3n) is 15.5. The standard InChI is InChI=1S/C59H92N18O15S4/c1-30(2)17-38-53(86)74-43-27-96-94-26-42(51(84)66-22-46(80)68-39(18-32-11-13-34(78)14-12-32)54(87)69-37(52(85)70-38)10-6-8-16-61)73-56(89)44(75-58(91)48(31(3)4)76-47(81)23-65-50(83)36(62)9-5-7-15-60)28-95-93-25-41(49(63)82)72-57(90)45-20-35(79)24-77(45)59(92)40(71-55(43)88)19-33-21-64-29-67-33/h11-14,21,29-31,35-45,48,78-79H,5-10,15-20,22-28,60-62H2,1-4H3,(H2,63,82)(H,64,67)(H,65,83)(H,66,84)(H,68,80)(H,69,87)(H,70,85)(H,71,88)(H,72,90)(H,73,89)(H,74,86)(H,75,91)(H,76,81)/t35-,36-,37+,38+,39+,40+,41+,42+,43+,44+,45+,48+/m1/s1. The number of fused-ring (bicyclic) bond motifs is 6. The Morgan fingerprint density at radius 2 is 1.30 bits per heavy atom. The maximum absolute atomic E-state index is 15.0. The SMILES string of the molecule is CC(C)C[C@@H]1NC(=O)[C@H](CCCCN)NC(=O)[C@H](Cc2ccc(O)cc2)NC(=O)CNC(=O)[C@@H]2CSSC[C@H](NC1=O)C(=O)N[C@@H](Cc1cnc[nH]1)C(=O)N1C[C@H](O)C[C@H]1C(=O)N[C@H](C(N)=O)CSSC[C@H](NC(=O)[C@@H](NC(=O)CNC(=O)[C@H](N)CCCCN)C(C)C)C(=O)N2. The fraction of sp³-hybridized carbons (Fsp3) is 0.627. The number of amides is 13. The lowest BCUT2D eigenvalue weighted by Gasteiger charge is -2.31. The molecule has 532 valence electrons. The van der Waals surface area contributed by atoms with Crippen molar-refractivity contribution in [3.05, 3.63) is 48.0 Å². The Kier molecular flexibility index (Phi) is 33.3. The summed E-state index contributed by atoms with van der Waals surface area (Å²) in [6.07, 6.45) is 2.92. The minimum Gasteiger partial charge on any atom is -0.508 e. The lowest BCUT2D eigenvalue weighted by Crippen LogP contribution is -2.61. The average Bonchev–Trinajstić information content (AvgIpc) is 1.42. The lowest BCUT2D eigenvalue weighted by molar-refractivity contribution is -0.142. The van der Waals surface area contributed by atoms with Crippen molar-refractivity contribution in [2.24, 2.45) is 34.8 Å². The van der Waals surface area contributed by atoms with Crippen LogP contribution in [0.1, 0.15) is 90.3 Å². The summed E-state index contributed by atoms with van der Waals surface area (Å²) in [5.41, 5.74) is 24.0. The van der Waals surface area contributed by atoms with Gasteiger partial charge >= 0.3 is 0 Å². The highest BCUT2D eigenvalue weighted by Gasteiger charge is 2.44. The lowest BCUT2D eigenvalue weighted by atomic mass is 10.0. The second-order valence-electron chi connectivity index (χ2n) is 24.2. The first-order valence-electron chi connectivity index (χ1n) is 31.6. The number of carbonyl (C=O) groups excluding carboxylic acids is 13. The Bertz CT molecular complexity index is 2990. The molecule has 37 heteroatoms. The molecule has 5 rings (SSSR count). The summed E-state index contributed by atoms with van der Waals surface area (Å²) < 4.78 is 0. The van der Waals surface area contributed by atoms with E-state index in [4.69, 9.17) is 22.9 Å². The van der Waals surface area contributed by atoms with Crippen LogP contribution in [0, 0.1) is 11.8 Å². The van der Waals surface area contributed by atoms with Gasteiger partial charge in [0.05, 0.1) is 31.6 Å². The number of carbonyl (C=O) groups is 13. The zero-order valence-electron chi connectivity index (χ0n) is 54.0. The van der Waals surface area contributed by atoms with Crippen LogP contribution in [0.2, 0.25) is 0 Å². The van der Waals surface area contributed by atoms with Crippen molar-refractivity contribution in [3.8, 4) is 5.75 Å². The normalized spacial score (nSPS) is 25.1. The highest BCUT2D eigenvalue weighted by molar-refractivity contribution is 8.77. The van der Waals surface area contributed by atoms with E-state index in [2.05, 4.69) is 68.5 Å². The molecule has 3 saturated heterocycles. The van der Waals surface area contributed by atoms with Crippen molar-refractivity contribution in [2.75, 3.05) is 55.7 Å². The number of aliphatic hydroxyl groups excluding tert-OH is 1. The van der Waals surface area contributed by atoms with Gasteiger partial charge in [-0.2, -0.15) is 0 Å². The molecule has 22 N–H and O–H groups in total. The van der Waals surface area contributed by atoms with Crippen LogP contribution in [0.15, 0.2) is 36.8 Å². The molecule has 2 aromatic rings. The zero-order chi connectivity index (χ0) is 70.6. The van der Waals surface area contributed by atoms with Gasteiger partial charge in [0.15, 0.2) is 0 Å². The van der Waals surface area contributed by atoms with E-state index in [1.165, 1.54) is 36.8 Å². The summed E-state index contributed by atoms with van der Waals surface area (Å²) in [4.78, 5) is 193. The molecule has 12 atom stereocenters. The van der Waals surface area contributed by atoms with Crippen LogP contribution in [0.5, 0.6) is 5.75 Å². The molecule has 3 fully saturated rings. The molecule has 0 saturated carbocycles. The smallest absolute Gasteiger partial charge is 0.246 e. The molecule has 3 aliphatic rings. The monoisotopic (exact) mass is 1420 g/mol. The minimum absolute atomic E-state index is 0.00527. The number of nitrogens with one attached hydrogen (secondary N) is 12. The summed E-state index contributed by atoms with van der Waals surface area (Å²) in [7, 11) is 3.69. The van der Waals surface area contributed by atoms with Gasteiger partial charge in [-0.25, -0.2) is 4.98 Å². The number of aromatic hydroxyl groups is 1. The highest BCUT2D eigenvalue weighted by atomic mass is 33.1. The van der Waals surface area contributed by atoms with Crippen molar-refractivity contribution in [2.45, 2.75) is 164 Å². The molecular weight excluding hydrogens is 1330 g/mol. The van der Waals surface area contributed by atoms with Gasteiger partial charge in [-0.05, 0) is 81.1 Å². The number of hydrogen-bond acceptors (Lipinski definition) is 23. The van der Waals surface area contributed by atoms with Gasteiger partial charge in [-0.15, -0.1) is 0 Å². The van der Waals surface area contributed by atoms with Gasteiger partial charge in [0.25, 0.3) is 0 Å². The summed E-state index contributed by atoms with van der Waals surface area (Å²) >= 11 is 0. The minimum atomic E-state index is -1.60. The van der Waals surface area contributed by atoms with Crippen LogP contribution in [0.3, 0.4) is 0 Å². The van der Waals surface area contributed by atoms with E-state index in [0.29, 0.717) is 49.9 Å². The molecule has 1 aromatic carbocycles. The Balaban J connectivity index is 1.60. The van der Waals surface area contributed by atoms with Gasteiger partial charge in [0, 0.05) is 60.7 Å². The van der Waals surface area contributed by atoms with Crippen LogP contribution < -0.4 is 81.4 Å². The van der Waals surface area contributed by atoms with Crippen LogP contribution in [0.25, 0.3) is 0 Å². The number of nitrogens with two attached hydrogens (primary N) is 4. The van der Waals surface area contributed by atoms with E-state index in [0.717, 1.165) is 48.1 Å². The predicted octanol–water partition coefficient (Wildman–Crippen LogP) is -4.98.